The number of hydrogen-bond donors (Lipinski definition) is 1. The summed E-state index contributed by atoms with van der Waals surface area (Å²) < 4.78 is 5.70. The third-order valence-corrected chi connectivity index (χ3v) is 3.63. The highest BCUT2D eigenvalue weighted by molar-refractivity contribution is 6.30. The number of hydrogen-bond acceptors (Lipinski definition) is 2. The molecule has 2 rings (SSSR count). The van der Waals surface area contributed by atoms with Crippen molar-refractivity contribution < 1.29 is 9.53 Å². The van der Waals surface area contributed by atoms with Crippen LogP contribution in [0.2, 0.25) is 5.02 Å². The lowest BCUT2D eigenvalue weighted by Crippen LogP contribution is -2.36. The average molecular weight is 318 g/mol. The highest BCUT2D eigenvalue weighted by Gasteiger charge is 2.15. The summed E-state index contributed by atoms with van der Waals surface area (Å²) in [5.41, 5.74) is 3.17. The molecule has 0 spiro atoms. The number of benzene rings is 2. The monoisotopic (exact) mass is 317 g/mol. The number of carbonyl (C=O) groups is 1. The standard InChI is InChI=1S/C18H20ClNO2/c1-12-4-6-15(7-5-12)11-20-18(21)14(3)22-17-9-8-16(19)10-13(17)2/h4-10,14H,11H2,1-3H3,(H,20,21). The molecule has 1 atom stereocenters. The minimum Gasteiger partial charge on any atom is -0.481 e. The molecule has 3 nitrogen and oxygen atoms in total. The molecule has 2 aromatic rings. The summed E-state index contributed by atoms with van der Waals surface area (Å²) in [6.07, 6.45) is -0.565. The van der Waals surface area contributed by atoms with E-state index < -0.39 is 6.10 Å². The van der Waals surface area contributed by atoms with E-state index in [1.54, 1.807) is 19.1 Å². The molecule has 1 amide bonds. The number of carbonyl (C=O) groups excluding carboxylic acids is 1. The van der Waals surface area contributed by atoms with E-state index >= 15 is 0 Å². The van der Waals surface area contributed by atoms with Crippen LogP contribution in [-0.4, -0.2) is 12.0 Å². The Bertz CT molecular complexity index is 653. The van der Waals surface area contributed by atoms with Gasteiger partial charge in [0.1, 0.15) is 5.75 Å². The van der Waals surface area contributed by atoms with Crippen molar-refractivity contribution in [1.82, 2.24) is 5.32 Å². The number of aryl methyl sites for hydroxylation is 2. The number of ether oxygens (including phenoxy) is 1. The second-order valence-electron chi connectivity index (χ2n) is 5.37. The van der Waals surface area contributed by atoms with Crippen molar-refractivity contribution in [3.8, 4) is 5.75 Å². The zero-order valence-corrected chi connectivity index (χ0v) is 13.8. The predicted molar refractivity (Wildman–Crippen MR) is 89.3 cm³/mol. The smallest absolute Gasteiger partial charge is 0.261 e. The molecule has 0 fully saturated rings. The van der Waals surface area contributed by atoms with Crippen LogP contribution in [0.25, 0.3) is 0 Å². The minimum absolute atomic E-state index is 0.144. The van der Waals surface area contributed by atoms with E-state index in [0.29, 0.717) is 17.3 Å². The van der Waals surface area contributed by atoms with E-state index in [0.717, 1.165) is 11.1 Å². The molecule has 0 aliphatic carbocycles. The van der Waals surface area contributed by atoms with Crippen LogP contribution in [0.1, 0.15) is 23.6 Å². The Labute approximate surface area is 136 Å². The van der Waals surface area contributed by atoms with Crippen molar-refractivity contribution in [3.05, 3.63) is 64.2 Å². The fourth-order valence-corrected chi connectivity index (χ4v) is 2.25. The molecule has 4 heteroatoms. The Kier molecular flexibility index (Phi) is 5.45. The van der Waals surface area contributed by atoms with Gasteiger partial charge in [-0.3, -0.25) is 4.79 Å². The molecular formula is C18H20ClNO2. The molecule has 0 radical (unpaired) electrons. The van der Waals surface area contributed by atoms with E-state index in [-0.39, 0.29) is 5.91 Å². The van der Waals surface area contributed by atoms with E-state index in [1.165, 1.54) is 5.56 Å². The van der Waals surface area contributed by atoms with Gasteiger partial charge in [-0.1, -0.05) is 41.4 Å². The van der Waals surface area contributed by atoms with Crippen LogP contribution in [0.4, 0.5) is 0 Å². The maximum absolute atomic E-state index is 12.1. The second kappa shape index (κ2) is 7.32. The molecule has 1 unspecified atom stereocenters. The molecule has 22 heavy (non-hydrogen) atoms. The summed E-state index contributed by atoms with van der Waals surface area (Å²) in [5, 5.41) is 3.53. The highest BCUT2D eigenvalue weighted by atomic mass is 35.5. The van der Waals surface area contributed by atoms with E-state index in [1.807, 2.05) is 44.2 Å². The fourth-order valence-electron chi connectivity index (χ4n) is 2.03. The maximum Gasteiger partial charge on any atom is 0.261 e. The van der Waals surface area contributed by atoms with Crippen LogP contribution in [-0.2, 0) is 11.3 Å². The molecule has 0 saturated carbocycles. The van der Waals surface area contributed by atoms with Gasteiger partial charge >= 0.3 is 0 Å². The van der Waals surface area contributed by atoms with Gasteiger partial charge in [-0.05, 0) is 50.1 Å². The lowest BCUT2D eigenvalue weighted by atomic mass is 10.1. The van der Waals surface area contributed by atoms with Crippen molar-refractivity contribution >= 4 is 17.5 Å². The van der Waals surface area contributed by atoms with E-state index in [4.69, 9.17) is 16.3 Å². The first-order chi connectivity index (χ1) is 10.5. The van der Waals surface area contributed by atoms with Crippen molar-refractivity contribution in [1.29, 1.82) is 0 Å². The van der Waals surface area contributed by atoms with Gasteiger partial charge in [0.25, 0.3) is 5.91 Å². The first-order valence-electron chi connectivity index (χ1n) is 7.22. The molecule has 0 saturated heterocycles. The van der Waals surface area contributed by atoms with Crippen molar-refractivity contribution in [2.24, 2.45) is 0 Å². The highest BCUT2D eigenvalue weighted by Crippen LogP contribution is 2.22. The molecule has 0 aliphatic rings. The summed E-state index contributed by atoms with van der Waals surface area (Å²) in [7, 11) is 0. The lowest BCUT2D eigenvalue weighted by Gasteiger charge is -2.16. The van der Waals surface area contributed by atoms with Crippen LogP contribution in [0, 0.1) is 13.8 Å². The SMILES string of the molecule is Cc1ccc(CNC(=O)C(C)Oc2ccc(Cl)cc2C)cc1. The van der Waals surface area contributed by atoms with Crippen molar-refractivity contribution in [3.63, 3.8) is 0 Å². The molecule has 2 aromatic carbocycles. The normalized spacial score (nSPS) is 11.8. The maximum atomic E-state index is 12.1. The minimum atomic E-state index is -0.565. The molecule has 1 N–H and O–H groups in total. The summed E-state index contributed by atoms with van der Waals surface area (Å²) in [5.74, 6) is 0.525. The Balaban J connectivity index is 1.90. The Morgan fingerprint density at radius 1 is 1.18 bits per heavy atom. The molecule has 0 bridgehead atoms. The number of rotatable bonds is 5. The first-order valence-corrected chi connectivity index (χ1v) is 7.59. The topological polar surface area (TPSA) is 38.3 Å². The van der Waals surface area contributed by atoms with Crippen LogP contribution in [0.5, 0.6) is 5.75 Å². The summed E-state index contributed by atoms with van der Waals surface area (Å²) in [6, 6.07) is 13.4. The van der Waals surface area contributed by atoms with E-state index in [2.05, 4.69) is 5.32 Å². The Morgan fingerprint density at radius 3 is 2.50 bits per heavy atom. The van der Waals surface area contributed by atoms with Gasteiger partial charge in [-0.25, -0.2) is 0 Å². The van der Waals surface area contributed by atoms with Gasteiger partial charge in [0.2, 0.25) is 0 Å². The van der Waals surface area contributed by atoms with Crippen molar-refractivity contribution in [2.45, 2.75) is 33.4 Å². The number of nitrogens with one attached hydrogen (secondary N) is 1. The van der Waals surface area contributed by atoms with Crippen molar-refractivity contribution in [2.75, 3.05) is 0 Å². The molecule has 116 valence electrons. The van der Waals surface area contributed by atoms with Gasteiger partial charge in [0.15, 0.2) is 6.10 Å². The second-order valence-corrected chi connectivity index (χ2v) is 5.81. The summed E-state index contributed by atoms with van der Waals surface area (Å²) in [4.78, 5) is 12.1. The van der Waals surface area contributed by atoms with Gasteiger partial charge in [0, 0.05) is 11.6 Å². The Morgan fingerprint density at radius 2 is 1.86 bits per heavy atom. The summed E-state index contributed by atoms with van der Waals surface area (Å²) >= 11 is 5.91. The predicted octanol–water partition coefficient (Wildman–Crippen LogP) is 4.04. The number of amides is 1. The summed E-state index contributed by atoms with van der Waals surface area (Å²) in [6.45, 7) is 6.16. The van der Waals surface area contributed by atoms with Gasteiger partial charge < -0.3 is 10.1 Å². The third kappa shape index (κ3) is 4.50. The first kappa shape index (κ1) is 16.4. The molecule has 0 aliphatic heterocycles. The van der Waals surface area contributed by atoms with Crippen LogP contribution in [0.15, 0.2) is 42.5 Å². The van der Waals surface area contributed by atoms with Crippen LogP contribution >= 0.6 is 11.6 Å². The van der Waals surface area contributed by atoms with E-state index in [9.17, 15) is 4.79 Å². The largest absolute Gasteiger partial charge is 0.481 e. The van der Waals surface area contributed by atoms with Gasteiger partial charge in [0.05, 0.1) is 0 Å². The molecular weight excluding hydrogens is 298 g/mol. The zero-order chi connectivity index (χ0) is 16.1. The fraction of sp³-hybridized carbons (Fsp3) is 0.278. The Hall–Kier alpha value is -2.00. The third-order valence-electron chi connectivity index (χ3n) is 3.40. The number of halogens is 1. The molecule has 0 heterocycles. The zero-order valence-electron chi connectivity index (χ0n) is 13.0. The molecule has 0 aromatic heterocycles. The van der Waals surface area contributed by atoms with Crippen LogP contribution < -0.4 is 10.1 Å². The quantitative estimate of drug-likeness (QED) is 0.903. The average Bonchev–Trinajstić information content (AvgIpc) is 2.49. The van der Waals surface area contributed by atoms with Crippen LogP contribution in [0.3, 0.4) is 0 Å². The van der Waals surface area contributed by atoms with Gasteiger partial charge in [-0.2, -0.15) is 0 Å². The van der Waals surface area contributed by atoms with Gasteiger partial charge in [-0.15, -0.1) is 0 Å². The lowest BCUT2D eigenvalue weighted by molar-refractivity contribution is -0.127.